The first kappa shape index (κ1) is 14.4. The summed E-state index contributed by atoms with van der Waals surface area (Å²) in [5.41, 5.74) is 2.60. The van der Waals surface area contributed by atoms with Gasteiger partial charge in [-0.15, -0.1) is 0 Å². The van der Waals surface area contributed by atoms with Crippen LogP contribution >= 0.6 is 0 Å². The standard InChI is InChI=1S/C15H18N4O3S/c1-10-15(11(2)17-16-10)23(20,21)19-7-6-18-8-9-22-13-5-3-4-12(19)14(13)18/h3-5H,6-9H2,1-2H3,(H,16,17). The van der Waals surface area contributed by atoms with Crippen molar-refractivity contribution >= 4 is 21.4 Å². The summed E-state index contributed by atoms with van der Waals surface area (Å²) in [7, 11) is -3.66. The molecular weight excluding hydrogens is 316 g/mol. The van der Waals surface area contributed by atoms with Crippen LogP contribution in [-0.2, 0) is 10.0 Å². The van der Waals surface area contributed by atoms with Gasteiger partial charge in [0.1, 0.15) is 22.9 Å². The van der Waals surface area contributed by atoms with E-state index in [1.54, 1.807) is 13.8 Å². The lowest BCUT2D eigenvalue weighted by molar-refractivity contribution is 0.307. The molecule has 4 rings (SSSR count). The summed E-state index contributed by atoms with van der Waals surface area (Å²) in [6, 6.07) is 5.55. The molecule has 3 heterocycles. The Morgan fingerprint density at radius 1 is 1.22 bits per heavy atom. The van der Waals surface area contributed by atoms with Crippen molar-refractivity contribution in [1.29, 1.82) is 0 Å². The number of hydrogen-bond donors (Lipinski definition) is 1. The predicted molar refractivity (Wildman–Crippen MR) is 86.7 cm³/mol. The highest BCUT2D eigenvalue weighted by Gasteiger charge is 2.37. The molecule has 2 aliphatic heterocycles. The Bertz CT molecular complexity index is 855. The third kappa shape index (κ3) is 2.01. The van der Waals surface area contributed by atoms with Crippen LogP contribution in [-0.4, -0.2) is 44.9 Å². The van der Waals surface area contributed by atoms with Crippen LogP contribution in [0.5, 0.6) is 5.75 Å². The molecule has 0 aliphatic carbocycles. The van der Waals surface area contributed by atoms with Crippen molar-refractivity contribution in [2.45, 2.75) is 18.7 Å². The summed E-state index contributed by atoms with van der Waals surface area (Å²) >= 11 is 0. The first-order valence-electron chi connectivity index (χ1n) is 7.55. The first-order valence-corrected chi connectivity index (χ1v) is 8.99. The fourth-order valence-corrected chi connectivity index (χ4v) is 5.16. The number of H-pyrrole nitrogens is 1. The Hall–Kier alpha value is -2.22. The molecular formula is C15H18N4O3S. The van der Waals surface area contributed by atoms with Crippen molar-refractivity contribution in [3.63, 3.8) is 0 Å². The van der Waals surface area contributed by atoms with Crippen molar-refractivity contribution < 1.29 is 13.2 Å². The Morgan fingerprint density at radius 3 is 2.78 bits per heavy atom. The first-order chi connectivity index (χ1) is 11.0. The summed E-state index contributed by atoms with van der Waals surface area (Å²) in [5, 5.41) is 6.78. The Morgan fingerprint density at radius 2 is 2.04 bits per heavy atom. The number of benzene rings is 1. The van der Waals surface area contributed by atoms with Gasteiger partial charge < -0.3 is 9.64 Å². The topological polar surface area (TPSA) is 78.5 Å². The average molecular weight is 334 g/mol. The van der Waals surface area contributed by atoms with Crippen LogP contribution in [0, 0.1) is 13.8 Å². The van der Waals surface area contributed by atoms with E-state index in [4.69, 9.17) is 4.74 Å². The number of anilines is 2. The molecule has 0 bridgehead atoms. The summed E-state index contributed by atoms with van der Waals surface area (Å²) < 4.78 is 33.5. The highest BCUT2D eigenvalue weighted by atomic mass is 32.2. The van der Waals surface area contributed by atoms with Crippen molar-refractivity contribution in [3.8, 4) is 5.75 Å². The van der Waals surface area contributed by atoms with Crippen molar-refractivity contribution in [3.05, 3.63) is 29.6 Å². The Balaban J connectivity index is 1.88. The summed E-state index contributed by atoms with van der Waals surface area (Å²) in [4.78, 5) is 2.45. The number of nitrogens with one attached hydrogen (secondary N) is 1. The predicted octanol–water partition coefficient (Wildman–Crippen LogP) is 1.43. The van der Waals surface area contributed by atoms with E-state index < -0.39 is 10.0 Å². The zero-order valence-electron chi connectivity index (χ0n) is 13.0. The highest BCUT2D eigenvalue weighted by molar-refractivity contribution is 7.93. The zero-order chi connectivity index (χ0) is 16.2. The zero-order valence-corrected chi connectivity index (χ0v) is 13.9. The molecule has 8 heteroatoms. The molecule has 23 heavy (non-hydrogen) atoms. The van der Waals surface area contributed by atoms with Crippen LogP contribution in [0.15, 0.2) is 23.1 Å². The number of aromatic amines is 1. The third-order valence-electron chi connectivity index (χ3n) is 4.36. The second-order valence-electron chi connectivity index (χ2n) is 5.80. The Kier molecular flexibility index (Phi) is 3.06. The van der Waals surface area contributed by atoms with Gasteiger partial charge >= 0.3 is 0 Å². The minimum atomic E-state index is -3.66. The fraction of sp³-hybridized carbons (Fsp3) is 0.400. The maximum atomic E-state index is 13.2. The molecule has 0 fully saturated rings. The number of hydrogen-bond acceptors (Lipinski definition) is 5. The molecule has 7 nitrogen and oxygen atoms in total. The molecule has 1 aromatic carbocycles. The Labute approximate surface area is 134 Å². The fourth-order valence-electron chi connectivity index (χ4n) is 3.36. The minimum Gasteiger partial charge on any atom is -0.489 e. The molecule has 0 unspecified atom stereocenters. The maximum Gasteiger partial charge on any atom is 0.268 e. The van der Waals surface area contributed by atoms with Crippen molar-refractivity contribution in [2.75, 3.05) is 35.4 Å². The summed E-state index contributed by atoms with van der Waals surface area (Å²) in [5.74, 6) is 0.745. The molecule has 122 valence electrons. The lowest BCUT2D eigenvalue weighted by Gasteiger charge is -2.41. The van der Waals surface area contributed by atoms with E-state index in [0.29, 0.717) is 36.8 Å². The lowest BCUT2D eigenvalue weighted by Crippen LogP contribution is -2.47. The van der Waals surface area contributed by atoms with Gasteiger partial charge in [-0.3, -0.25) is 9.40 Å². The van der Waals surface area contributed by atoms with E-state index in [1.807, 2.05) is 18.2 Å². The van der Waals surface area contributed by atoms with Gasteiger partial charge in [0.25, 0.3) is 10.0 Å². The molecule has 0 atom stereocenters. The van der Waals surface area contributed by atoms with Gasteiger partial charge in [-0.25, -0.2) is 8.42 Å². The number of nitrogens with zero attached hydrogens (tertiary/aromatic N) is 3. The number of aryl methyl sites for hydroxylation is 2. The van der Waals surface area contributed by atoms with Gasteiger partial charge in [-0.05, 0) is 26.0 Å². The van der Waals surface area contributed by atoms with Crippen LogP contribution in [0.3, 0.4) is 0 Å². The van der Waals surface area contributed by atoms with E-state index in [1.165, 1.54) is 4.31 Å². The minimum absolute atomic E-state index is 0.264. The van der Waals surface area contributed by atoms with E-state index >= 15 is 0 Å². The second kappa shape index (κ2) is 4.89. The number of para-hydroxylation sites is 1. The second-order valence-corrected chi connectivity index (χ2v) is 7.60. The molecule has 2 aromatic rings. The van der Waals surface area contributed by atoms with Gasteiger partial charge in [0, 0.05) is 6.54 Å². The van der Waals surface area contributed by atoms with Crippen LogP contribution in [0.4, 0.5) is 11.4 Å². The molecule has 0 radical (unpaired) electrons. The van der Waals surface area contributed by atoms with Crippen LogP contribution in [0.1, 0.15) is 11.4 Å². The number of ether oxygens (including phenoxy) is 1. The van der Waals surface area contributed by atoms with E-state index in [9.17, 15) is 8.42 Å². The van der Waals surface area contributed by atoms with E-state index in [-0.39, 0.29) is 4.90 Å². The summed E-state index contributed by atoms with van der Waals surface area (Å²) in [6.45, 7) is 5.92. The van der Waals surface area contributed by atoms with Crippen molar-refractivity contribution in [2.24, 2.45) is 0 Å². The van der Waals surface area contributed by atoms with Crippen LogP contribution < -0.4 is 13.9 Å². The van der Waals surface area contributed by atoms with Gasteiger partial charge in [0.2, 0.25) is 0 Å². The number of aromatic nitrogens is 2. The summed E-state index contributed by atoms with van der Waals surface area (Å²) in [6.07, 6.45) is 0. The molecule has 2 aliphatic rings. The monoisotopic (exact) mass is 334 g/mol. The largest absolute Gasteiger partial charge is 0.489 e. The lowest BCUT2D eigenvalue weighted by atomic mass is 10.1. The normalized spacial score (nSPS) is 17.0. The molecule has 1 aromatic heterocycles. The van der Waals surface area contributed by atoms with E-state index in [2.05, 4.69) is 15.1 Å². The van der Waals surface area contributed by atoms with Gasteiger partial charge in [0.05, 0.1) is 30.2 Å². The molecule has 0 saturated carbocycles. The average Bonchev–Trinajstić information content (AvgIpc) is 2.87. The number of rotatable bonds is 2. The molecule has 0 saturated heterocycles. The van der Waals surface area contributed by atoms with Crippen molar-refractivity contribution in [1.82, 2.24) is 10.2 Å². The molecule has 0 amide bonds. The van der Waals surface area contributed by atoms with E-state index in [0.717, 1.165) is 18.0 Å². The van der Waals surface area contributed by atoms with Crippen LogP contribution in [0.2, 0.25) is 0 Å². The molecule has 1 N–H and O–H groups in total. The quantitative estimate of drug-likeness (QED) is 0.899. The van der Waals surface area contributed by atoms with Gasteiger partial charge in [0.15, 0.2) is 0 Å². The van der Waals surface area contributed by atoms with Crippen LogP contribution in [0.25, 0.3) is 0 Å². The smallest absolute Gasteiger partial charge is 0.268 e. The highest BCUT2D eigenvalue weighted by Crippen LogP contribution is 2.44. The van der Waals surface area contributed by atoms with Gasteiger partial charge in [-0.1, -0.05) is 6.07 Å². The maximum absolute atomic E-state index is 13.2. The van der Waals surface area contributed by atoms with Gasteiger partial charge in [-0.2, -0.15) is 5.10 Å². The SMILES string of the molecule is Cc1n[nH]c(C)c1S(=O)(=O)N1CCN2CCOc3cccc1c32. The third-order valence-corrected chi connectivity index (χ3v) is 6.44. The molecule has 0 spiro atoms. The number of sulfonamides is 1.